The smallest absolute Gasteiger partial charge is 0.145 e. The van der Waals surface area contributed by atoms with Gasteiger partial charge in [0, 0.05) is 17.6 Å². The minimum atomic E-state index is 0.594. The summed E-state index contributed by atoms with van der Waals surface area (Å²) in [5.41, 5.74) is 6.87. The Kier molecular flexibility index (Phi) is 4.09. The Morgan fingerprint density at radius 2 is 2.24 bits per heavy atom. The molecule has 0 saturated heterocycles. The zero-order chi connectivity index (χ0) is 12.1. The van der Waals surface area contributed by atoms with Crippen molar-refractivity contribution < 1.29 is 0 Å². The number of nitrogen functional groups attached to an aromatic ring is 1. The van der Waals surface area contributed by atoms with Gasteiger partial charge in [-0.3, -0.25) is 4.68 Å². The number of nitrogens with zero attached hydrogens (tertiary/aromatic N) is 2. The minimum Gasteiger partial charge on any atom is -0.382 e. The van der Waals surface area contributed by atoms with Gasteiger partial charge in [0.25, 0.3) is 0 Å². The molecule has 3 nitrogen and oxygen atoms in total. The molecule has 1 aromatic carbocycles. The molecule has 0 aliphatic carbocycles. The molecule has 0 atom stereocenters. The van der Waals surface area contributed by atoms with E-state index in [0.29, 0.717) is 5.82 Å². The third-order valence-corrected chi connectivity index (χ3v) is 3.53. The van der Waals surface area contributed by atoms with Crippen molar-refractivity contribution >= 4 is 17.6 Å². The highest BCUT2D eigenvalue weighted by Crippen LogP contribution is 2.19. The predicted molar refractivity (Wildman–Crippen MR) is 73.2 cm³/mol. The fourth-order valence-corrected chi connectivity index (χ4v) is 2.58. The number of hydrogen-bond acceptors (Lipinski definition) is 3. The van der Waals surface area contributed by atoms with Gasteiger partial charge in [-0.1, -0.05) is 17.7 Å². The van der Waals surface area contributed by atoms with Gasteiger partial charge in [-0.05, 0) is 37.3 Å². The predicted octanol–water partition coefficient (Wildman–Crippen LogP) is 2.96. The molecule has 4 heteroatoms. The molecule has 0 bridgehead atoms. The van der Waals surface area contributed by atoms with E-state index in [1.165, 1.54) is 10.5 Å². The van der Waals surface area contributed by atoms with Crippen molar-refractivity contribution in [3.05, 3.63) is 42.1 Å². The van der Waals surface area contributed by atoms with E-state index in [9.17, 15) is 0 Å². The molecule has 1 heterocycles. The summed E-state index contributed by atoms with van der Waals surface area (Å²) in [6.07, 6.45) is 3.02. The lowest BCUT2D eigenvalue weighted by Crippen LogP contribution is -2.00. The molecule has 0 aliphatic rings. The summed E-state index contributed by atoms with van der Waals surface area (Å²) in [6.45, 7) is 3.05. The van der Waals surface area contributed by atoms with E-state index in [2.05, 4.69) is 36.3 Å². The van der Waals surface area contributed by atoms with Crippen LogP contribution in [0, 0.1) is 6.92 Å². The third kappa shape index (κ3) is 3.82. The summed E-state index contributed by atoms with van der Waals surface area (Å²) in [4.78, 5) is 1.34. The zero-order valence-electron chi connectivity index (χ0n) is 9.97. The maximum atomic E-state index is 5.55. The van der Waals surface area contributed by atoms with Gasteiger partial charge >= 0.3 is 0 Å². The zero-order valence-corrected chi connectivity index (χ0v) is 10.8. The van der Waals surface area contributed by atoms with E-state index < -0.39 is 0 Å². The lowest BCUT2D eigenvalue weighted by molar-refractivity contribution is 0.608. The quantitative estimate of drug-likeness (QED) is 0.652. The van der Waals surface area contributed by atoms with Crippen molar-refractivity contribution in [2.24, 2.45) is 0 Å². The number of nitrogens with two attached hydrogens (primary N) is 1. The van der Waals surface area contributed by atoms with Crippen molar-refractivity contribution in [1.82, 2.24) is 9.78 Å². The average Bonchev–Trinajstić information content (AvgIpc) is 2.71. The van der Waals surface area contributed by atoms with Crippen molar-refractivity contribution in [3.63, 3.8) is 0 Å². The van der Waals surface area contributed by atoms with Crippen molar-refractivity contribution in [1.29, 1.82) is 0 Å². The van der Waals surface area contributed by atoms with Crippen molar-refractivity contribution in [2.75, 3.05) is 11.5 Å². The molecule has 2 aromatic rings. The van der Waals surface area contributed by atoms with Crippen molar-refractivity contribution in [3.8, 4) is 0 Å². The first-order valence-electron chi connectivity index (χ1n) is 5.72. The molecule has 90 valence electrons. The van der Waals surface area contributed by atoms with E-state index >= 15 is 0 Å². The second-order valence-corrected chi connectivity index (χ2v) is 5.19. The average molecular weight is 247 g/mol. The van der Waals surface area contributed by atoms with Crippen LogP contribution in [0.5, 0.6) is 0 Å². The Labute approximate surface area is 106 Å². The molecule has 2 rings (SSSR count). The van der Waals surface area contributed by atoms with Gasteiger partial charge in [0.15, 0.2) is 0 Å². The highest BCUT2D eigenvalue weighted by atomic mass is 32.2. The van der Waals surface area contributed by atoms with Crippen LogP contribution in [0.1, 0.15) is 12.0 Å². The van der Waals surface area contributed by atoms with E-state index in [-0.39, 0.29) is 0 Å². The van der Waals surface area contributed by atoms with Crippen LogP contribution in [0.25, 0.3) is 0 Å². The molecule has 1 aromatic heterocycles. The Morgan fingerprint density at radius 1 is 1.35 bits per heavy atom. The summed E-state index contributed by atoms with van der Waals surface area (Å²) in [7, 11) is 0. The van der Waals surface area contributed by atoms with Crippen molar-refractivity contribution in [2.45, 2.75) is 24.8 Å². The van der Waals surface area contributed by atoms with E-state index in [1.807, 2.05) is 28.7 Å². The standard InChI is InChI=1S/C13H17N3S/c1-11-4-2-5-12(10-11)17-9-3-7-16-8-6-13(14)15-16/h2,4-6,8,10H,3,7,9H2,1H3,(H2,14,15). The molecule has 0 radical (unpaired) electrons. The van der Waals surface area contributed by atoms with Crippen LogP contribution >= 0.6 is 11.8 Å². The summed E-state index contributed by atoms with van der Waals surface area (Å²) in [6, 6.07) is 10.4. The highest BCUT2D eigenvalue weighted by molar-refractivity contribution is 7.99. The summed E-state index contributed by atoms with van der Waals surface area (Å²) < 4.78 is 1.89. The van der Waals surface area contributed by atoms with E-state index in [0.717, 1.165) is 18.7 Å². The molecular formula is C13H17N3S. The van der Waals surface area contributed by atoms with Crippen LogP contribution in [0.2, 0.25) is 0 Å². The van der Waals surface area contributed by atoms with Crippen LogP contribution in [0.3, 0.4) is 0 Å². The number of aryl methyl sites for hydroxylation is 2. The monoisotopic (exact) mass is 247 g/mol. The number of benzene rings is 1. The highest BCUT2D eigenvalue weighted by Gasteiger charge is 1.97. The minimum absolute atomic E-state index is 0.594. The largest absolute Gasteiger partial charge is 0.382 e. The van der Waals surface area contributed by atoms with Crippen LogP contribution in [-0.4, -0.2) is 15.5 Å². The van der Waals surface area contributed by atoms with Gasteiger partial charge in [-0.25, -0.2) is 0 Å². The summed E-state index contributed by atoms with van der Waals surface area (Å²) in [5.74, 6) is 1.69. The van der Waals surface area contributed by atoms with Gasteiger partial charge in [0.1, 0.15) is 5.82 Å². The first kappa shape index (κ1) is 12.0. The van der Waals surface area contributed by atoms with E-state index in [1.54, 1.807) is 0 Å². The fourth-order valence-electron chi connectivity index (χ4n) is 1.62. The molecule has 17 heavy (non-hydrogen) atoms. The summed E-state index contributed by atoms with van der Waals surface area (Å²) in [5, 5.41) is 4.15. The second-order valence-electron chi connectivity index (χ2n) is 4.02. The van der Waals surface area contributed by atoms with E-state index in [4.69, 9.17) is 5.73 Å². The number of hydrogen-bond donors (Lipinski definition) is 1. The summed E-state index contributed by atoms with van der Waals surface area (Å²) >= 11 is 1.89. The Morgan fingerprint density at radius 3 is 2.94 bits per heavy atom. The molecule has 0 saturated carbocycles. The van der Waals surface area contributed by atoms with Crippen LogP contribution in [-0.2, 0) is 6.54 Å². The molecular weight excluding hydrogens is 230 g/mol. The van der Waals surface area contributed by atoms with Gasteiger partial charge in [0.2, 0.25) is 0 Å². The SMILES string of the molecule is Cc1cccc(SCCCn2ccc(N)n2)c1. The van der Waals surface area contributed by atoms with Gasteiger partial charge < -0.3 is 5.73 Å². The van der Waals surface area contributed by atoms with Gasteiger partial charge in [-0.2, -0.15) is 5.10 Å². The molecule has 0 fully saturated rings. The Bertz CT molecular complexity index is 479. The maximum Gasteiger partial charge on any atom is 0.145 e. The molecule has 0 amide bonds. The number of anilines is 1. The number of aromatic nitrogens is 2. The molecule has 0 spiro atoms. The molecule has 2 N–H and O–H groups in total. The lowest BCUT2D eigenvalue weighted by Gasteiger charge is -2.03. The van der Waals surface area contributed by atoms with Crippen LogP contribution in [0.4, 0.5) is 5.82 Å². The fraction of sp³-hybridized carbons (Fsp3) is 0.308. The normalized spacial score (nSPS) is 10.6. The second kappa shape index (κ2) is 5.77. The Balaban J connectivity index is 1.73. The lowest BCUT2D eigenvalue weighted by atomic mass is 10.2. The Hall–Kier alpha value is -1.42. The topological polar surface area (TPSA) is 43.8 Å². The first-order chi connectivity index (χ1) is 8.24. The maximum absolute atomic E-state index is 5.55. The third-order valence-electron chi connectivity index (χ3n) is 2.45. The van der Waals surface area contributed by atoms with Gasteiger partial charge in [0.05, 0.1) is 0 Å². The van der Waals surface area contributed by atoms with Gasteiger partial charge in [-0.15, -0.1) is 11.8 Å². The number of rotatable bonds is 5. The molecule has 0 unspecified atom stereocenters. The molecule has 0 aliphatic heterocycles. The van der Waals surface area contributed by atoms with Crippen LogP contribution in [0.15, 0.2) is 41.4 Å². The number of thioether (sulfide) groups is 1. The van der Waals surface area contributed by atoms with Crippen LogP contribution < -0.4 is 5.73 Å². The first-order valence-corrected chi connectivity index (χ1v) is 6.71.